The first-order valence-corrected chi connectivity index (χ1v) is 7.78. The molecule has 0 saturated carbocycles. The van der Waals surface area contributed by atoms with E-state index in [0.717, 1.165) is 35.8 Å². The highest BCUT2D eigenvalue weighted by Crippen LogP contribution is 2.27. The van der Waals surface area contributed by atoms with Crippen molar-refractivity contribution in [2.45, 2.75) is 25.7 Å². The summed E-state index contributed by atoms with van der Waals surface area (Å²) in [6.45, 7) is 3.42. The molecule has 1 atom stereocenters. The van der Waals surface area contributed by atoms with Crippen molar-refractivity contribution in [1.82, 2.24) is 0 Å². The SMILES string of the molecule is CCCOc1cccc(CC(CN)c2ccccc2Cl)c1. The topological polar surface area (TPSA) is 35.2 Å². The molecule has 1 unspecified atom stereocenters. The van der Waals surface area contributed by atoms with Gasteiger partial charge in [0, 0.05) is 10.9 Å². The number of ether oxygens (including phenoxy) is 1. The van der Waals surface area contributed by atoms with Crippen molar-refractivity contribution in [3.8, 4) is 5.75 Å². The molecule has 0 bridgehead atoms. The van der Waals surface area contributed by atoms with Gasteiger partial charge >= 0.3 is 0 Å². The van der Waals surface area contributed by atoms with Crippen LogP contribution in [0.4, 0.5) is 0 Å². The molecule has 0 radical (unpaired) electrons. The standard InChI is InChI=1S/C18H22ClNO/c1-2-10-21-16-7-5-6-14(12-16)11-15(13-20)17-8-3-4-9-18(17)19/h3-9,12,15H,2,10-11,13,20H2,1H3. The Hall–Kier alpha value is -1.51. The fraction of sp³-hybridized carbons (Fsp3) is 0.333. The Labute approximate surface area is 131 Å². The molecule has 0 aliphatic heterocycles. The van der Waals surface area contributed by atoms with Gasteiger partial charge in [0.1, 0.15) is 5.75 Å². The summed E-state index contributed by atoms with van der Waals surface area (Å²) in [7, 11) is 0. The zero-order chi connectivity index (χ0) is 15.1. The van der Waals surface area contributed by atoms with Gasteiger partial charge in [0.2, 0.25) is 0 Å². The fourth-order valence-corrected chi connectivity index (χ4v) is 2.68. The van der Waals surface area contributed by atoms with E-state index in [2.05, 4.69) is 25.1 Å². The number of nitrogens with two attached hydrogens (primary N) is 1. The predicted octanol–water partition coefficient (Wildman–Crippen LogP) is 4.41. The molecule has 2 nitrogen and oxygen atoms in total. The maximum Gasteiger partial charge on any atom is 0.119 e. The second-order valence-electron chi connectivity index (χ2n) is 5.15. The van der Waals surface area contributed by atoms with Crippen molar-refractivity contribution in [2.75, 3.05) is 13.2 Å². The van der Waals surface area contributed by atoms with E-state index in [4.69, 9.17) is 22.1 Å². The van der Waals surface area contributed by atoms with Crippen LogP contribution in [0.3, 0.4) is 0 Å². The molecule has 21 heavy (non-hydrogen) atoms. The Balaban J connectivity index is 2.13. The third-order valence-corrected chi connectivity index (χ3v) is 3.83. The Bertz CT molecular complexity index is 571. The normalized spacial score (nSPS) is 12.1. The summed E-state index contributed by atoms with van der Waals surface area (Å²) in [4.78, 5) is 0. The van der Waals surface area contributed by atoms with Crippen molar-refractivity contribution in [1.29, 1.82) is 0 Å². The number of rotatable bonds is 7. The summed E-state index contributed by atoms with van der Waals surface area (Å²) < 4.78 is 5.68. The van der Waals surface area contributed by atoms with E-state index in [1.165, 1.54) is 5.56 Å². The van der Waals surface area contributed by atoms with E-state index in [0.29, 0.717) is 6.54 Å². The van der Waals surface area contributed by atoms with E-state index >= 15 is 0 Å². The van der Waals surface area contributed by atoms with Crippen LogP contribution in [0.2, 0.25) is 5.02 Å². The minimum absolute atomic E-state index is 0.222. The maximum atomic E-state index is 6.28. The molecular weight excluding hydrogens is 282 g/mol. The molecule has 2 aromatic carbocycles. The van der Waals surface area contributed by atoms with Crippen LogP contribution in [0.15, 0.2) is 48.5 Å². The lowest BCUT2D eigenvalue weighted by atomic mass is 9.92. The smallest absolute Gasteiger partial charge is 0.119 e. The minimum atomic E-state index is 0.222. The lowest BCUT2D eigenvalue weighted by Crippen LogP contribution is -2.15. The maximum absolute atomic E-state index is 6.28. The molecule has 0 heterocycles. The second-order valence-corrected chi connectivity index (χ2v) is 5.56. The molecule has 0 amide bonds. The molecule has 2 aromatic rings. The number of hydrogen-bond donors (Lipinski definition) is 1. The third-order valence-electron chi connectivity index (χ3n) is 3.48. The highest BCUT2D eigenvalue weighted by atomic mass is 35.5. The van der Waals surface area contributed by atoms with Crippen molar-refractivity contribution < 1.29 is 4.74 Å². The van der Waals surface area contributed by atoms with Crippen LogP contribution in [0.5, 0.6) is 5.75 Å². The zero-order valence-corrected chi connectivity index (χ0v) is 13.1. The Kier molecular flexibility index (Phi) is 6.09. The fourth-order valence-electron chi connectivity index (χ4n) is 2.39. The summed E-state index contributed by atoms with van der Waals surface area (Å²) in [6.07, 6.45) is 1.87. The highest BCUT2D eigenvalue weighted by Gasteiger charge is 2.14. The van der Waals surface area contributed by atoms with E-state index in [1.807, 2.05) is 30.3 Å². The number of hydrogen-bond acceptors (Lipinski definition) is 2. The Morgan fingerprint density at radius 3 is 2.67 bits per heavy atom. The average molecular weight is 304 g/mol. The van der Waals surface area contributed by atoms with Gasteiger partial charge in [-0.3, -0.25) is 0 Å². The van der Waals surface area contributed by atoms with Crippen LogP contribution in [0.1, 0.15) is 30.4 Å². The molecule has 2 rings (SSSR count). The first kappa shape index (κ1) is 15.9. The molecule has 0 aliphatic carbocycles. The minimum Gasteiger partial charge on any atom is -0.494 e. The van der Waals surface area contributed by atoms with Crippen LogP contribution in [0, 0.1) is 0 Å². The summed E-state index contributed by atoms with van der Waals surface area (Å²) in [5, 5.41) is 0.784. The average Bonchev–Trinajstić information content (AvgIpc) is 2.52. The first-order chi connectivity index (χ1) is 10.2. The van der Waals surface area contributed by atoms with Gasteiger partial charge in [-0.25, -0.2) is 0 Å². The van der Waals surface area contributed by atoms with Crippen molar-refractivity contribution in [2.24, 2.45) is 5.73 Å². The summed E-state index contributed by atoms with van der Waals surface area (Å²) in [6, 6.07) is 16.1. The number of halogens is 1. The molecule has 0 aromatic heterocycles. The van der Waals surface area contributed by atoms with Gasteiger partial charge in [-0.05, 0) is 48.7 Å². The van der Waals surface area contributed by atoms with Gasteiger partial charge in [0.05, 0.1) is 6.61 Å². The van der Waals surface area contributed by atoms with Gasteiger partial charge in [0.15, 0.2) is 0 Å². The second kappa shape index (κ2) is 8.06. The molecule has 0 saturated heterocycles. The van der Waals surface area contributed by atoms with Crippen molar-refractivity contribution in [3.05, 3.63) is 64.7 Å². The van der Waals surface area contributed by atoms with Gasteiger partial charge < -0.3 is 10.5 Å². The highest BCUT2D eigenvalue weighted by molar-refractivity contribution is 6.31. The monoisotopic (exact) mass is 303 g/mol. The summed E-state index contributed by atoms with van der Waals surface area (Å²) >= 11 is 6.28. The Morgan fingerprint density at radius 2 is 1.95 bits per heavy atom. The molecule has 0 spiro atoms. The first-order valence-electron chi connectivity index (χ1n) is 7.40. The third kappa shape index (κ3) is 4.48. The van der Waals surface area contributed by atoms with Crippen molar-refractivity contribution >= 4 is 11.6 Å². The molecule has 112 valence electrons. The summed E-state index contributed by atoms with van der Waals surface area (Å²) in [5.41, 5.74) is 8.28. The van der Waals surface area contributed by atoms with E-state index in [9.17, 15) is 0 Å². The van der Waals surface area contributed by atoms with Crippen LogP contribution in [-0.4, -0.2) is 13.2 Å². The van der Waals surface area contributed by atoms with Crippen molar-refractivity contribution in [3.63, 3.8) is 0 Å². The largest absolute Gasteiger partial charge is 0.494 e. The Morgan fingerprint density at radius 1 is 1.14 bits per heavy atom. The molecule has 0 fully saturated rings. The summed E-state index contributed by atoms with van der Waals surface area (Å²) in [5.74, 6) is 1.14. The van der Waals surface area contributed by atoms with E-state index in [-0.39, 0.29) is 5.92 Å². The van der Waals surface area contributed by atoms with Gasteiger partial charge in [0.25, 0.3) is 0 Å². The van der Waals surface area contributed by atoms with E-state index in [1.54, 1.807) is 0 Å². The van der Waals surface area contributed by atoms with Crippen LogP contribution in [0.25, 0.3) is 0 Å². The molecule has 3 heteroatoms. The zero-order valence-electron chi connectivity index (χ0n) is 12.4. The lowest BCUT2D eigenvalue weighted by molar-refractivity contribution is 0.317. The molecule has 2 N–H and O–H groups in total. The quantitative estimate of drug-likeness (QED) is 0.822. The number of benzene rings is 2. The van der Waals surface area contributed by atoms with Crippen LogP contribution >= 0.6 is 11.6 Å². The van der Waals surface area contributed by atoms with Gasteiger partial charge in [-0.1, -0.05) is 48.9 Å². The molecule has 0 aliphatic rings. The molecular formula is C18H22ClNO. The van der Waals surface area contributed by atoms with Crippen LogP contribution in [-0.2, 0) is 6.42 Å². The van der Waals surface area contributed by atoms with Crippen LogP contribution < -0.4 is 10.5 Å². The lowest BCUT2D eigenvalue weighted by Gasteiger charge is -2.17. The van der Waals surface area contributed by atoms with E-state index < -0.39 is 0 Å². The van der Waals surface area contributed by atoms with Gasteiger partial charge in [-0.2, -0.15) is 0 Å². The van der Waals surface area contributed by atoms with Gasteiger partial charge in [-0.15, -0.1) is 0 Å². The predicted molar refractivity (Wildman–Crippen MR) is 89.2 cm³/mol.